The number of nitrogens with zero attached hydrogens (tertiary/aromatic N) is 7. The summed E-state index contributed by atoms with van der Waals surface area (Å²) in [5, 5.41) is 12.9. The summed E-state index contributed by atoms with van der Waals surface area (Å²) in [7, 11) is 5.10. The van der Waals surface area contributed by atoms with Crippen LogP contribution in [-0.4, -0.2) is 67.3 Å². The van der Waals surface area contributed by atoms with Gasteiger partial charge in [-0.2, -0.15) is 10.2 Å². The number of rotatable bonds is 6. The number of fused-ring (bicyclic) bond motifs is 1. The average Bonchev–Trinajstić information content (AvgIpc) is 3.55. The topological polar surface area (TPSA) is 129 Å². The van der Waals surface area contributed by atoms with E-state index in [1.54, 1.807) is 49.5 Å². The van der Waals surface area contributed by atoms with Gasteiger partial charge in [0.2, 0.25) is 0 Å². The number of anilines is 1. The van der Waals surface area contributed by atoms with Gasteiger partial charge in [-0.25, -0.2) is 14.8 Å². The summed E-state index contributed by atoms with van der Waals surface area (Å²) >= 11 is 0. The Morgan fingerprint density at radius 1 is 1.12 bits per heavy atom. The van der Waals surface area contributed by atoms with Gasteiger partial charge in [0.15, 0.2) is 11.4 Å². The third kappa shape index (κ3) is 6.01. The van der Waals surface area contributed by atoms with E-state index in [0.29, 0.717) is 11.6 Å². The fourth-order valence-electron chi connectivity index (χ4n) is 5.03. The van der Waals surface area contributed by atoms with E-state index in [4.69, 9.17) is 14.6 Å². The number of ether oxygens (including phenoxy) is 2. The highest BCUT2D eigenvalue weighted by atomic mass is 16.6. The highest BCUT2D eigenvalue weighted by molar-refractivity contribution is 5.96. The molecule has 0 radical (unpaired) electrons. The van der Waals surface area contributed by atoms with Crippen LogP contribution in [0.1, 0.15) is 63.0 Å². The molecule has 12 nitrogen and oxygen atoms in total. The van der Waals surface area contributed by atoms with Gasteiger partial charge in [0.1, 0.15) is 17.1 Å². The Balaban J connectivity index is 1.42. The van der Waals surface area contributed by atoms with E-state index >= 15 is 0 Å². The zero-order valence-corrected chi connectivity index (χ0v) is 24.3. The minimum Gasteiger partial charge on any atom is -0.488 e. The molecule has 41 heavy (non-hydrogen) atoms. The van der Waals surface area contributed by atoms with Crippen LogP contribution in [0.15, 0.2) is 43.0 Å². The van der Waals surface area contributed by atoms with Crippen LogP contribution < -0.4 is 15.0 Å². The first-order valence-corrected chi connectivity index (χ1v) is 13.7. The molecule has 5 rings (SSSR count). The lowest BCUT2D eigenvalue weighted by molar-refractivity contribution is 0.0588. The summed E-state index contributed by atoms with van der Waals surface area (Å²) in [6.07, 6.45) is 9.74. The first-order chi connectivity index (χ1) is 19.5. The molecule has 4 heterocycles. The van der Waals surface area contributed by atoms with Gasteiger partial charge in [0.25, 0.3) is 5.91 Å². The molecule has 1 fully saturated rings. The number of amides is 2. The zero-order chi connectivity index (χ0) is 29.3. The normalized spacial score (nSPS) is 17.3. The molecule has 0 aliphatic heterocycles. The molecule has 0 unspecified atom stereocenters. The van der Waals surface area contributed by atoms with Gasteiger partial charge in [-0.3, -0.25) is 19.1 Å². The van der Waals surface area contributed by atoms with Gasteiger partial charge in [0.05, 0.1) is 23.9 Å². The predicted molar refractivity (Wildman–Crippen MR) is 154 cm³/mol. The summed E-state index contributed by atoms with van der Waals surface area (Å²) in [5.74, 6) is 0.682. The highest BCUT2D eigenvalue weighted by Gasteiger charge is 2.29. The smallest absolute Gasteiger partial charge is 0.415 e. The van der Waals surface area contributed by atoms with Gasteiger partial charge in [-0.15, -0.1) is 0 Å². The zero-order valence-electron chi connectivity index (χ0n) is 24.3. The highest BCUT2D eigenvalue weighted by Crippen LogP contribution is 2.37. The quantitative estimate of drug-likeness (QED) is 0.364. The van der Waals surface area contributed by atoms with Crippen LogP contribution in [-0.2, 0) is 11.8 Å². The van der Waals surface area contributed by atoms with Gasteiger partial charge in [-0.05, 0) is 58.6 Å². The van der Waals surface area contributed by atoms with E-state index in [1.807, 2.05) is 44.8 Å². The molecule has 1 aliphatic carbocycles. The van der Waals surface area contributed by atoms with Crippen molar-refractivity contribution in [3.8, 4) is 17.0 Å². The van der Waals surface area contributed by atoms with Crippen LogP contribution in [0.3, 0.4) is 0 Å². The van der Waals surface area contributed by atoms with Gasteiger partial charge < -0.3 is 14.8 Å². The second-order valence-corrected chi connectivity index (χ2v) is 11.3. The molecule has 2 amide bonds. The van der Waals surface area contributed by atoms with Crippen molar-refractivity contribution in [1.82, 2.24) is 34.8 Å². The van der Waals surface area contributed by atoms with Crippen LogP contribution in [0, 0.1) is 0 Å². The molecular weight excluding hydrogens is 524 g/mol. The molecule has 0 saturated heterocycles. The Labute approximate surface area is 238 Å². The largest absolute Gasteiger partial charge is 0.488 e. The lowest BCUT2D eigenvalue weighted by Gasteiger charge is -2.30. The molecule has 4 aromatic rings. The summed E-state index contributed by atoms with van der Waals surface area (Å²) in [6.45, 7) is 5.50. The van der Waals surface area contributed by atoms with Crippen molar-refractivity contribution in [1.29, 1.82) is 0 Å². The third-order valence-corrected chi connectivity index (χ3v) is 7.06. The molecular formula is C29H36N8O4. The molecule has 12 heteroatoms. The summed E-state index contributed by atoms with van der Waals surface area (Å²) < 4.78 is 15.6. The number of pyridine rings is 2. The minimum atomic E-state index is -0.623. The van der Waals surface area contributed by atoms with Gasteiger partial charge >= 0.3 is 6.09 Å². The van der Waals surface area contributed by atoms with E-state index in [2.05, 4.69) is 20.4 Å². The standard InChI is InChI=1S/C29H36N8O4/c1-29(2,3)41-28(39)36(6)24-14-22-21(16-32-24)25(18-15-33-35(5)17-18)34-37(22)19-9-11-20(12-10-19)40-23-8-7-13-31-26(23)27(38)30-4/h7-8,13-17,19-20H,9-12H2,1-6H3,(H,30,38). The predicted octanol–water partition coefficient (Wildman–Crippen LogP) is 4.52. The van der Waals surface area contributed by atoms with E-state index in [9.17, 15) is 9.59 Å². The molecule has 0 spiro atoms. The van der Waals surface area contributed by atoms with Crippen molar-refractivity contribution < 1.29 is 19.1 Å². The molecule has 0 atom stereocenters. The Morgan fingerprint density at radius 2 is 1.88 bits per heavy atom. The van der Waals surface area contributed by atoms with Crippen molar-refractivity contribution in [2.24, 2.45) is 7.05 Å². The lowest BCUT2D eigenvalue weighted by atomic mass is 9.93. The van der Waals surface area contributed by atoms with Crippen LogP contribution in [0.5, 0.6) is 5.75 Å². The lowest BCUT2D eigenvalue weighted by Crippen LogP contribution is -2.34. The van der Waals surface area contributed by atoms with Crippen molar-refractivity contribution in [2.45, 2.75) is 64.2 Å². The Hall–Kier alpha value is -4.48. The van der Waals surface area contributed by atoms with Crippen LogP contribution in [0.4, 0.5) is 10.6 Å². The molecule has 1 aliphatic rings. The third-order valence-electron chi connectivity index (χ3n) is 7.06. The van der Waals surface area contributed by atoms with Crippen molar-refractivity contribution >= 4 is 28.7 Å². The average molecular weight is 561 g/mol. The van der Waals surface area contributed by atoms with Crippen LogP contribution in [0.2, 0.25) is 0 Å². The van der Waals surface area contributed by atoms with Crippen molar-refractivity contribution in [3.63, 3.8) is 0 Å². The monoisotopic (exact) mass is 560 g/mol. The summed E-state index contributed by atoms with van der Waals surface area (Å²) in [5.41, 5.74) is 2.22. The summed E-state index contributed by atoms with van der Waals surface area (Å²) in [6, 6.07) is 5.54. The minimum absolute atomic E-state index is 0.0472. The molecule has 1 saturated carbocycles. The maximum atomic E-state index is 12.8. The number of aryl methyl sites for hydroxylation is 1. The Kier molecular flexibility index (Phi) is 7.65. The maximum Gasteiger partial charge on any atom is 0.415 e. The van der Waals surface area contributed by atoms with Crippen LogP contribution >= 0.6 is 0 Å². The number of carbonyl (C=O) groups excluding carboxylic acids is 2. The van der Waals surface area contributed by atoms with Gasteiger partial charge in [-0.1, -0.05) is 0 Å². The second kappa shape index (κ2) is 11.2. The van der Waals surface area contributed by atoms with Crippen LogP contribution in [0.25, 0.3) is 22.2 Å². The Bertz CT molecular complexity index is 1560. The maximum absolute atomic E-state index is 12.8. The number of carbonyl (C=O) groups is 2. The SMILES string of the molecule is CNC(=O)c1ncccc1OC1CCC(n2nc(-c3cnn(C)c3)c3cnc(N(C)C(=O)OC(C)(C)C)cc32)CC1. The van der Waals surface area contributed by atoms with Crippen molar-refractivity contribution in [2.75, 3.05) is 19.0 Å². The van der Waals surface area contributed by atoms with Crippen molar-refractivity contribution in [3.05, 3.63) is 48.7 Å². The molecule has 0 bridgehead atoms. The number of nitrogens with one attached hydrogen (secondary N) is 1. The number of hydrogen-bond donors (Lipinski definition) is 1. The second-order valence-electron chi connectivity index (χ2n) is 11.3. The van der Waals surface area contributed by atoms with E-state index < -0.39 is 11.7 Å². The fourth-order valence-corrected chi connectivity index (χ4v) is 5.03. The number of aromatic nitrogens is 6. The molecule has 1 N–H and O–H groups in total. The molecule has 4 aromatic heterocycles. The van der Waals surface area contributed by atoms with Gasteiger partial charge in [0, 0.05) is 56.7 Å². The Morgan fingerprint density at radius 3 is 2.54 bits per heavy atom. The van der Waals surface area contributed by atoms with E-state index in [-0.39, 0.29) is 23.7 Å². The van der Waals surface area contributed by atoms with E-state index in [0.717, 1.165) is 47.8 Å². The fraction of sp³-hybridized carbons (Fsp3) is 0.448. The van der Waals surface area contributed by atoms with E-state index in [1.165, 1.54) is 4.90 Å². The summed E-state index contributed by atoms with van der Waals surface area (Å²) in [4.78, 5) is 35.2. The first-order valence-electron chi connectivity index (χ1n) is 13.7. The number of hydrogen-bond acceptors (Lipinski definition) is 8. The first kappa shape index (κ1) is 28.1. The molecule has 216 valence electrons. The molecule has 0 aromatic carbocycles.